The topological polar surface area (TPSA) is 85.6 Å². The van der Waals surface area contributed by atoms with Gasteiger partial charge in [-0.15, -0.1) is 0 Å². The van der Waals surface area contributed by atoms with E-state index in [4.69, 9.17) is 26.1 Å². The van der Waals surface area contributed by atoms with Gasteiger partial charge in [-0.1, -0.05) is 12.1 Å². The first kappa shape index (κ1) is 21.3. The van der Waals surface area contributed by atoms with Crippen molar-refractivity contribution < 1.29 is 23.1 Å². The third-order valence-electron chi connectivity index (χ3n) is 4.60. The van der Waals surface area contributed by atoms with Gasteiger partial charge in [-0.05, 0) is 60.7 Å². The number of amides is 1. The molecule has 4 rings (SSSR count). The van der Waals surface area contributed by atoms with Gasteiger partial charge in [0.1, 0.15) is 28.4 Å². The second kappa shape index (κ2) is 9.03. The van der Waals surface area contributed by atoms with E-state index in [9.17, 15) is 9.18 Å². The number of oxazole rings is 1. The number of carbonyl (C=O) groups is 1. The number of hydrogen-bond acceptors (Lipinski definition) is 6. The summed E-state index contributed by atoms with van der Waals surface area (Å²) in [7, 11) is 2.93. The summed E-state index contributed by atoms with van der Waals surface area (Å²) in [6.07, 6.45) is 0. The van der Waals surface area contributed by atoms with Gasteiger partial charge >= 0.3 is 0 Å². The Morgan fingerprint density at radius 1 is 1.03 bits per heavy atom. The first-order chi connectivity index (χ1) is 15.5. The summed E-state index contributed by atoms with van der Waals surface area (Å²) in [5, 5.41) is 5.64. The summed E-state index contributed by atoms with van der Waals surface area (Å²) >= 11 is 5.28. The molecule has 0 unspecified atom stereocenters. The fraction of sp³-hybridized carbons (Fsp3) is 0.0870. The molecule has 0 bridgehead atoms. The highest BCUT2D eigenvalue weighted by Crippen LogP contribution is 2.29. The van der Waals surface area contributed by atoms with Gasteiger partial charge in [-0.2, -0.15) is 0 Å². The van der Waals surface area contributed by atoms with E-state index in [2.05, 4.69) is 15.6 Å². The first-order valence-corrected chi connectivity index (χ1v) is 9.89. The average molecular weight is 451 g/mol. The normalized spacial score (nSPS) is 10.6. The lowest BCUT2D eigenvalue weighted by molar-refractivity contribution is 0.0971. The molecule has 0 atom stereocenters. The smallest absolute Gasteiger partial charge is 0.264 e. The van der Waals surface area contributed by atoms with E-state index in [1.807, 2.05) is 0 Å². The first-order valence-electron chi connectivity index (χ1n) is 9.48. The van der Waals surface area contributed by atoms with E-state index in [1.54, 1.807) is 48.5 Å². The Labute approximate surface area is 188 Å². The highest BCUT2D eigenvalue weighted by molar-refractivity contribution is 7.80. The molecule has 2 N–H and O–H groups in total. The molecule has 1 amide bonds. The molecule has 1 heterocycles. The standard InChI is InChI=1S/C23H18FN3O4S/c1-29-18-7-4-8-19(30-2)20(18)21(28)27-23(32)25-15-9-10-17-16(12-15)26-22(31-17)13-5-3-6-14(24)11-13/h3-12H,1-2H3,(H2,25,27,28,32). The molecule has 0 aliphatic rings. The molecule has 3 aromatic carbocycles. The number of rotatable bonds is 5. The van der Waals surface area contributed by atoms with Gasteiger partial charge in [0.2, 0.25) is 5.89 Å². The maximum atomic E-state index is 13.5. The molecule has 32 heavy (non-hydrogen) atoms. The number of thiocarbonyl (C=S) groups is 1. The lowest BCUT2D eigenvalue weighted by Crippen LogP contribution is -2.34. The monoisotopic (exact) mass is 451 g/mol. The fourth-order valence-electron chi connectivity index (χ4n) is 3.15. The molecule has 4 aromatic rings. The van der Waals surface area contributed by atoms with Crippen LogP contribution in [0.3, 0.4) is 0 Å². The van der Waals surface area contributed by atoms with E-state index in [1.165, 1.54) is 26.4 Å². The molecule has 0 aliphatic carbocycles. The molecule has 162 valence electrons. The third kappa shape index (κ3) is 4.37. The van der Waals surface area contributed by atoms with Crippen LogP contribution in [0.15, 0.2) is 65.1 Å². The minimum Gasteiger partial charge on any atom is -0.496 e. The number of hydrogen-bond donors (Lipinski definition) is 2. The molecular weight excluding hydrogens is 433 g/mol. The van der Waals surface area contributed by atoms with Crippen molar-refractivity contribution in [1.29, 1.82) is 0 Å². The zero-order valence-electron chi connectivity index (χ0n) is 17.1. The quantitative estimate of drug-likeness (QED) is 0.423. The Morgan fingerprint density at radius 3 is 2.44 bits per heavy atom. The molecule has 9 heteroatoms. The number of nitrogens with one attached hydrogen (secondary N) is 2. The summed E-state index contributed by atoms with van der Waals surface area (Å²) in [6.45, 7) is 0. The van der Waals surface area contributed by atoms with Crippen molar-refractivity contribution in [3.8, 4) is 23.0 Å². The Balaban J connectivity index is 1.51. The Kier molecular flexibility index (Phi) is 6.00. The maximum absolute atomic E-state index is 13.5. The third-order valence-corrected chi connectivity index (χ3v) is 4.80. The van der Waals surface area contributed by atoms with Crippen molar-refractivity contribution in [2.45, 2.75) is 0 Å². The number of nitrogens with zero attached hydrogens (tertiary/aromatic N) is 1. The largest absolute Gasteiger partial charge is 0.496 e. The van der Waals surface area contributed by atoms with Crippen molar-refractivity contribution in [2.24, 2.45) is 0 Å². The molecule has 1 aromatic heterocycles. The lowest BCUT2D eigenvalue weighted by atomic mass is 10.1. The van der Waals surface area contributed by atoms with Crippen LogP contribution in [-0.4, -0.2) is 30.2 Å². The van der Waals surface area contributed by atoms with Gasteiger partial charge in [-0.25, -0.2) is 9.37 Å². The zero-order valence-corrected chi connectivity index (χ0v) is 18.0. The van der Waals surface area contributed by atoms with Crippen LogP contribution < -0.4 is 20.1 Å². The van der Waals surface area contributed by atoms with Crippen molar-refractivity contribution in [1.82, 2.24) is 10.3 Å². The summed E-state index contributed by atoms with van der Waals surface area (Å²) in [6, 6.07) is 16.2. The minimum absolute atomic E-state index is 0.0798. The van der Waals surface area contributed by atoms with Crippen molar-refractivity contribution in [2.75, 3.05) is 19.5 Å². The van der Waals surface area contributed by atoms with E-state index in [-0.39, 0.29) is 16.5 Å². The SMILES string of the molecule is COc1cccc(OC)c1C(=O)NC(=S)Nc1ccc2oc(-c3cccc(F)c3)nc2c1. The summed E-state index contributed by atoms with van der Waals surface area (Å²) < 4.78 is 29.7. The summed E-state index contributed by atoms with van der Waals surface area (Å²) in [5.74, 6) is 0.167. The van der Waals surface area contributed by atoms with Crippen LogP contribution in [0.5, 0.6) is 11.5 Å². The second-order valence-electron chi connectivity index (χ2n) is 6.66. The van der Waals surface area contributed by atoms with Gasteiger partial charge in [0.25, 0.3) is 5.91 Å². The molecule has 0 saturated carbocycles. The lowest BCUT2D eigenvalue weighted by Gasteiger charge is -2.14. The number of aromatic nitrogens is 1. The van der Waals surface area contributed by atoms with Crippen LogP contribution in [-0.2, 0) is 0 Å². The molecule has 0 fully saturated rings. The molecule has 0 saturated heterocycles. The van der Waals surface area contributed by atoms with Crippen molar-refractivity contribution in [3.63, 3.8) is 0 Å². The number of fused-ring (bicyclic) bond motifs is 1. The Morgan fingerprint density at radius 2 is 1.75 bits per heavy atom. The summed E-state index contributed by atoms with van der Waals surface area (Å²) in [4.78, 5) is 17.2. The van der Waals surface area contributed by atoms with Gasteiger partial charge in [0.05, 0.1) is 14.2 Å². The van der Waals surface area contributed by atoms with Crippen LogP contribution >= 0.6 is 12.2 Å². The van der Waals surface area contributed by atoms with E-state index in [0.717, 1.165) is 0 Å². The predicted molar refractivity (Wildman–Crippen MR) is 123 cm³/mol. The minimum atomic E-state index is -0.479. The fourth-order valence-corrected chi connectivity index (χ4v) is 3.36. The van der Waals surface area contributed by atoms with E-state index >= 15 is 0 Å². The van der Waals surface area contributed by atoms with Gasteiger partial charge in [0, 0.05) is 11.3 Å². The van der Waals surface area contributed by atoms with Crippen LogP contribution in [0.1, 0.15) is 10.4 Å². The second-order valence-corrected chi connectivity index (χ2v) is 7.07. The molecule has 0 aliphatic heterocycles. The van der Waals surface area contributed by atoms with E-state index < -0.39 is 5.91 Å². The number of methoxy groups -OCH3 is 2. The number of benzene rings is 3. The number of halogens is 1. The van der Waals surface area contributed by atoms with Crippen molar-refractivity contribution >= 4 is 40.0 Å². The molecule has 7 nitrogen and oxygen atoms in total. The highest BCUT2D eigenvalue weighted by atomic mass is 32.1. The van der Waals surface area contributed by atoms with Crippen LogP contribution in [0.25, 0.3) is 22.6 Å². The van der Waals surface area contributed by atoms with Gasteiger partial charge < -0.3 is 19.2 Å². The number of anilines is 1. The van der Waals surface area contributed by atoms with Crippen LogP contribution in [0.4, 0.5) is 10.1 Å². The summed E-state index contributed by atoms with van der Waals surface area (Å²) in [5.41, 5.74) is 2.43. The Bertz CT molecular complexity index is 1300. The highest BCUT2D eigenvalue weighted by Gasteiger charge is 2.19. The Hall–Kier alpha value is -3.98. The average Bonchev–Trinajstić information content (AvgIpc) is 3.21. The molecule has 0 radical (unpaired) electrons. The molecule has 0 spiro atoms. The van der Waals surface area contributed by atoms with E-state index in [0.29, 0.717) is 39.7 Å². The maximum Gasteiger partial charge on any atom is 0.264 e. The van der Waals surface area contributed by atoms with Gasteiger partial charge in [-0.3, -0.25) is 10.1 Å². The van der Waals surface area contributed by atoms with Gasteiger partial charge in [0.15, 0.2) is 10.7 Å². The van der Waals surface area contributed by atoms with Crippen LogP contribution in [0, 0.1) is 5.82 Å². The zero-order chi connectivity index (χ0) is 22.7. The van der Waals surface area contributed by atoms with Crippen LogP contribution in [0.2, 0.25) is 0 Å². The number of carbonyl (C=O) groups excluding carboxylic acids is 1. The predicted octanol–water partition coefficient (Wildman–Crippen LogP) is 4.78. The number of ether oxygens (including phenoxy) is 2. The van der Waals surface area contributed by atoms with Crippen molar-refractivity contribution in [3.05, 3.63) is 72.0 Å². The molecular formula is C23H18FN3O4S.